The van der Waals surface area contributed by atoms with E-state index in [-0.39, 0.29) is 28.5 Å². The fourth-order valence-corrected chi connectivity index (χ4v) is 3.83. The monoisotopic (exact) mass is 425 g/mol. The van der Waals surface area contributed by atoms with Crippen LogP contribution in [0.15, 0.2) is 47.4 Å². The maximum atomic E-state index is 14.0. The first-order valence-corrected chi connectivity index (χ1v) is 9.88. The molecule has 156 valence electrons. The van der Waals surface area contributed by atoms with Gasteiger partial charge in [-0.2, -0.15) is 0 Å². The van der Waals surface area contributed by atoms with E-state index in [1.165, 1.54) is 37.4 Å². The number of hydrogen-bond donors (Lipinski definition) is 0. The second-order valence-corrected chi connectivity index (χ2v) is 7.51. The van der Waals surface area contributed by atoms with E-state index in [0.29, 0.717) is 0 Å². The van der Waals surface area contributed by atoms with Crippen LogP contribution in [0.2, 0.25) is 0 Å². The SMILES string of the molecule is CCOC(=O)c1ccc(N(CC(=O)OC)S(=O)(=O)c2ccc(OC)c(F)c2)cc1. The van der Waals surface area contributed by atoms with Gasteiger partial charge in [-0.05, 0) is 49.4 Å². The first-order valence-electron chi connectivity index (χ1n) is 8.44. The summed E-state index contributed by atoms with van der Waals surface area (Å²) in [6, 6.07) is 8.53. The Labute approximate surface area is 167 Å². The minimum atomic E-state index is -4.33. The molecule has 0 saturated carbocycles. The Hall–Kier alpha value is -3.14. The van der Waals surface area contributed by atoms with Gasteiger partial charge in [-0.15, -0.1) is 0 Å². The molecule has 0 aliphatic carbocycles. The first-order chi connectivity index (χ1) is 13.7. The minimum absolute atomic E-state index is 0.0830. The van der Waals surface area contributed by atoms with Gasteiger partial charge >= 0.3 is 11.9 Å². The van der Waals surface area contributed by atoms with Crippen LogP contribution in [0.4, 0.5) is 10.1 Å². The van der Waals surface area contributed by atoms with Crippen molar-refractivity contribution in [2.75, 3.05) is 31.7 Å². The molecule has 0 bridgehead atoms. The quantitative estimate of drug-likeness (QED) is 0.599. The van der Waals surface area contributed by atoms with Crippen molar-refractivity contribution in [3.05, 3.63) is 53.8 Å². The Bertz CT molecular complexity index is 990. The Morgan fingerprint density at radius 1 is 1.07 bits per heavy atom. The summed E-state index contributed by atoms with van der Waals surface area (Å²) in [5.41, 5.74) is 0.293. The summed E-state index contributed by atoms with van der Waals surface area (Å²) in [5.74, 6) is -2.39. The molecule has 2 aromatic carbocycles. The van der Waals surface area contributed by atoms with Crippen LogP contribution >= 0.6 is 0 Å². The number of rotatable bonds is 8. The number of nitrogens with zero attached hydrogens (tertiary/aromatic N) is 1. The summed E-state index contributed by atoms with van der Waals surface area (Å²) in [5, 5.41) is 0. The highest BCUT2D eigenvalue weighted by atomic mass is 32.2. The molecule has 2 aromatic rings. The molecule has 0 saturated heterocycles. The average molecular weight is 425 g/mol. The zero-order valence-electron chi connectivity index (χ0n) is 16.0. The number of carbonyl (C=O) groups is 2. The van der Waals surface area contributed by atoms with Crippen molar-refractivity contribution in [2.24, 2.45) is 0 Å². The lowest BCUT2D eigenvalue weighted by Gasteiger charge is -2.23. The van der Waals surface area contributed by atoms with E-state index >= 15 is 0 Å². The van der Waals surface area contributed by atoms with Crippen LogP contribution in [0.3, 0.4) is 0 Å². The van der Waals surface area contributed by atoms with E-state index in [0.717, 1.165) is 23.5 Å². The molecule has 0 amide bonds. The van der Waals surface area contributed by atoms with Gasteiger partial charge in [0.15, 0.2) is 11.6 Å². The summed E-state index contributed by atoms with van der Waals surface area (Å²) in [6.07, 6.45) is 0. The van der Waals surface area contributed by atoms with Gasteiger partial charge in [0.1, 0.15) is 6.54 Å². The van der Waals surface area contributed by atoms with Crippen LogP contribution in [0, 0.1) is 5.82 Å². The van der Waals surface area contributed by atoms with Crippen molar-refractivity contribution >= 4 is 27.6 Å². The summed E-state index contributed by atoms with van der Waals surface area (Å²) in [6.45, 7) is 1.20. The summed E-state index contributed by atoms with van der Waals surface area (Å²) < 4.78 is 55.2. The van der Waals surface area contributed by atoms with Crippen molar-refractivity contribution < 1.29 is 36.6 Å². The smallest absolute Gasteiger partial charge is 0.338 e. The highest BCUT2D eigenvalue weighted by molar-refractivity contribution is 7.92. The van der Waals surface area contributed by atoms with E-state index in [1.807, 2.05) is 0 Å². The van der Waals surface area contributed by atoms with Crippen molar-refractivity contribution in [3.63, 3.8) is 0 Å². The Morgan fingerprint density at radius 2 is 1.72 bits per heavy atom. The van der Waals surface area contributed by atoms with Crippen molar-refractivity contribution in [3.8, 4) is 5.75 Å². The number of hydrogen-bond acceptors (Lipinski definition) is 7. The van der Waals surface area contributed by atoms with Crippen molar-refractivity contribution in [1.29, 1.82) is 0 Å². The Balaban J connectivity index is 2.48. The molecule has 0 aliphatic rings. The third-order valence-electron chi connectivity index (χ3n) is 3.88. The zero-order valence-corrected chi connectivity index (χ0v) is 16.9. The molecule has 0 radical (unpaired) electrons. The van der Waals surface area contributed by atoms with Gasteiger partial charge in [0, 0.05) is 0 Å². The van der Waals surface area contributed by atoms with Crippen molar-refractivity contribution in [2.45, 2.75) is 11.8 Å². The Morgan fingerprint density at radius 3 is 2.24 bits per heavy atom. The molecular weight excluding hydrogens is 405 g/mol. The maximum absolute atomic E-state index is 14.0. The maximum Gasteiger partial charge on any atom is 0.338 e. The van der Waals surface area contributed by atoms with Gasteiger partial charge in [-0.1, -0.05) is 0 Å². The van der Waals surface area contributed by atoms with Gasteiger partial charge in [0.05, 0.1) is 37.0 Å². The number of methoxy groups -OCH3 is 2. The van der Waals surface area contributed by atoms with Crippen LogP contribution in [-0.2, 0) is 24.3 Å². The number of benzene rings is 2. The molecule has 0 atom stereocenters. The normalized spacial score (nSPS) is 10.9. The van der Waals surface area contributed by atoms with Gasteiger partial charge in [-0.25, -0.2) is 17.6 Å². The average Bonchev–Trinajstić information content (AvgIpc) is 2.71. The number of halogens is 1. The minimum Gasteiger partial charge on any atom is -0.494 e. The number of carbonyl (C=O) groups excluding carboxylic acids is 2. The third kappa shape index (κ3) is 5.02. The molecule has 0 unspecified atom stereocenters. The summed E-state index contributed by atoms with van der Waals surface area (Å²) in [7, 11) is -1.96. The lowest BCUT2D eigenvalue weighted by molar-refractivity contribution is -0.138. The predicted molar refractivity (Wildman–Crippen MR) is 102 cm³/mol. The van der Waals surface area contributed by atoms with Gasteiger partial charge in [0.2, 0.25) is 0 Å². The zero-order chi connectivity index (χ0) is 21.6. The number of esters is 2. The molecule has 0 heterocycles. The molecule has 0 N–H and O–H groups in total. The molecule has 0 aliphatic heterocycles. The lowest BCUT2D eigenvalue weighted by Crippen LogP contribution is -2.36. The van der Waals surface area contributed by atoms with Crippen molar-refractivity contribution in [1.82, 2.24) is 0 Å². The molecular formula is C19H20FNO7S. The van der Waals surface area contributed by atoms with Crippen LogP contribution in [0.25, 0.3) is 0 Å². The van der Waals surface area contributed by atoms with E-state index in [4.69, 9.17) is 9.47 Å². The molecule has 0 fully saturated rings. The van der Waals surface area contributed by atoms with E-state index < -0.39 is 34.3 Å². The molecule has 29 heavy (non-hydrogen) atoms. The second kappa shape index (κ2) is 9.37. The molecule has 8 nitrogen and oxygen atoms in total. The van der Waals surface area contributed by atoms with Crippen LogP contribution < -0.4 is 9.04 Å². The molecule has 0 spiro atoms. The highest BCUT2D eigenvalue weighted by Crippen LogP contribution is 2.27. The van der Waals surface area contributed by atoms with E-state index in [1.54, 1.807) is 6.92 Å². The van der Waals surface area contributed by atoms with Gasteiger partial charge < -0.3 is 14.2 Å². The largest absolute Gasteiger partial charge is 0.494 e. The van der Waals surface area contributed by atoms with Gasteiger partial charge in [-0.3, -0.25) is 9.10 Å². The predicted octanol–water partition coefficient (Wildman–Crippen LogP) is 2.38. The lowest BCUT2D eigenvalue weighted by atomic mass is 10.2. The number of anilines is 1. The summed E-state index contributed by atoms with van der Waals surface area (Å²) >= 11 is 0. The van der Waals surface area contributed by atoms with Crippen LogP contribution in [0.5, 0.6) is 5.75 Å². The van der Waals surface area contributed by atoms with E-state index in [9.17, 15) is 22.4 Å². The van der Waals surface area contributed by atoms with E-state index in [2.05, 4.69) is 4.74 Å². The Kier molecular flexibility index (Phi) is 7.16. The van der Waals surface area contributed by atoms with Crippen LogP contribution in [0.1, 0.15) is 17.3 Å². The fraction of sp³-hybridized carbons (Fsp3) is 0.263. The molecule has 10 heteroatoms. The first kappa shape index (κ1) is 22.2. The fourth-order valence-electron chi connectivity index (χ4n) is 2.41. The second-order valence-electron chi connectivity index (χ2n) is 5.65. The molecule has 2 rings (SSSR count). The third-order valence-corrected chi connectivity index (χ3v) is 5.65. The van der Waals surface area contributed by atoms with Gasteiger partial charge in [0.25, 0.3) is 10.0 Å². The summed E-state index contributed by atoms with van der Waals surface area (Å²) in [4.78, 5) is 23.2. The standard InChI is InChI=1S/C19H20FNO7S/c1-4-28-19(23)13-5-7-14(8-6-13)21(12-18(22)27-3)29(24,25)15-9-10-17(26-2)16(20)11-15/h5-11H,4,12H2,1-3H3. The van der Waals surface area contributed by atoms with Crippen LogP contribution in [-0.4, -0.2) is 47.7 Å². The molecule has 0 aromatic heterocycles. The number of sulfonamides is 1. The number of ether oxygens (including phenoxy) is 3. The topological polar surface area (TPSA) is 99.2 Å². The highest BCUT2D eigenvalue weighted by Gasteiger charge is 2.28.